The van der Waals surface area contributed by atoms with Crippen LogP contribution in [0.25, 0.3) is 0 Å². The normalized spacial score (nSPS) is 19.8. The highest BCUT2D eigenvalue weighted by molar-refractivity contribution is 5.76. The molecule has 1 aromatic carbocycles. The van der Waals surface area contributed by atoms with Crippen LogP contribution in [0.5, 0.6) is 0 Å². The van der Waals surface area contributed by atoms with Crippen LogP contribution < -0.4 is 5.32 Å². The lowest BCUT2D eigenvalue weighted by molar-refractivity contribution is -0.149. The molecule has 5 heteroatoms. The molecule has 2 amide bonds. The summed E-state index contributed by atoms with van der Waals surface area (Å²) in [6.45, 7) is 4.17. The standard InChI is InChI=1S/C20H28N2O3/c1-2-25-18(23)16-9-13-22(14-10-16)19(24)21-15-20(11-6-12-20)17-7-4-3-5-8-17/h3-5,7-8,16H,2,6,9-15H2,1H3,(H,21,24). The van der Waals surface area contributed by atoms with Crippen molar-refractivity contribution in [1.29, 1.82) is 0 Å². The number of likely N-dealkylation sites (tertiary alicyclic amines) is 1. The van der Waals surface area contributed by atoms with Crippen LogP contribution >= 0.6 is 0 Å². The van der Waals surface area contributed by atoms with Crippen LogP contribution in [-0.4, -0.2) is 43.1 Å². The Kier molecular flexibility index (Phi) is 5.61. The third-order valence-electron chi connectivity index (χ3n) is 5.68. The second-order valence-corrected chi connectivity index (χ2v) is 7.17. The monoisotopic (exact) mass is 344 g/mol. The number of benzene rings is 1. The molecule has 0 atom stereocenters. The van der Waals surface area contributed by atoms with Gasteiger partial charge in [-0.15, -0.1) is 0 Å². The predicted octanol–water partition coefficient (Wildman–Crippen LogP) is 3.09. The van der Waals surface area contributed by atoms with Gasteiger partial charge in [0.2, 0.25) is 0 Å². The Morgan fingerprint density at radius 2 is 1.88 bits per heavy atom. The number of hydrogen-bond donors (Lipinski definition) is 1. The van der Waals surface area contributed by atoms with Gasteiger partial charge in [0.25, 0.3) is 0 Å². The first-order valence-corrected chi connectivity index (χ1v) is 9.39. The van der Waals surface area contributed by atoms with Crippen LogP contribution in [-0.2, 0) is 14.9 Å². The minimum atomic E-state index is -0.125. The zero-order valence-electron chi connectivity index (χ0n) is 15.0. The van der Waals surface area contributed by atoms with Crippen LogP contribution in [0.4, 0.5) is 4.79 Å². The molecule has 1 N–H and O–H groups in total. The Labute approximate surface area is 149 Å². The first-order chi connectivity index (χ1) is 12.1. The second kappa shape index (κ2) is 7.89. The average molecular weight is 344 g/mol. The number of urea groups is 1. The van der Waals surface area contributed by atoms with E-state index in [9.17, 15) is 9.59 Å². The number of carbonyl (C=O) groups excluding carboxylic acids is 2. The largest absolute Gasteiger partial charge is 0.466 e. The van der Waals surface area contributed by atoms with E-state index in [1.54, 1.807) is 0 Å². The van der Waals surface area contributed by atoms with E-state index in [1.807, 2.05) is 17.9 Å². The van der Waals surface area contributed by atoms with E-state index in [0.717, 1.165) is 12.8 Å². The van der Waals surface area contributed by atoms with E-state index in [-0.39, 0.29) is 23.3 Å². The molecule has 1 saturated carbocycles. The molecule has 2 aliphatic rings. The molecule has 0 bridgehead atoms. The lowest BCUT2D eigenvalue weighted by atomic mass is 9.64. The van der Waals surface area contributed by atoms with Gasteiger partial charge in [0, 0.05) is 25.0 Å². The van der Waals surface area contributed by atoms with E-state index in [1.165, 1.54) is 12.0 Å². The molecule has 0 spiro atoms. The molecule has 25 heavy (non-hydrogen) atoms. The Morgan fingerprint density at radius 1 is 1.20 bits per heavy atom. The van der Waals surface area contributed by atoms with E-state index in [2.05, 4.69) is 29.6 Å². The molecular formula is C20H28N2O3. The van der Waals surface area contributed by atoms with Gasteiger partial charge in [-0.05, 0) is 38.2 Å². The number of amides is 2. The fraction of sp³-hybridized carbons (Fsp3) is 0.600. The molecule has 2 fully saturated rings. The van der Waals surface area contributed by atoms with Crippen molar-refractivity contribution in [1.82, 2.24) is 10.2 Å². The molecule has 5 nitrogen and oxygen atoms in total. The molecule has 1 aliphatic carbocycles. The Bertz CT molecular complexity index is 590. The van der Waals surface area contributed by atoms with Crippen LogP contribution in [0.15, 0.2) is 30.3 Å². The number of rotatable bonds is 5. The van der Waals surface area contributed by atoms with Crippen molar-refractivity contribution in [2.24, 2.45) is 5.92 Å². The van der Waals surface area contributed by atoms with Crippen molar-refractivity contribution >= 4 is 12.0 Å². The third kappa shape index (κ3) is 3.97. The highest BCUT2D eigenvalue weighted by Crippen LogP contribution is 2.43. The first kappa shape index (κ1) is 17.8. The number of nitrogens with one attached hydrogen (secondary N) is 1. The van der Waals surface area contributed by atoms with Crippen LogP contribution in [0, 0.1) is 5.92 Å². The lowest BCUT2D eigenvalue weighted by Gasteiger charge is -2.43. The summed E-state index contributed by atoms with van der Waals surface area (Å²) in [6.07, 6.45) is 4.85. The number of nitrogens with zero attached hydrogens (tertiary/aromatic N) is 1. The summed E-state index contributed by atoms with van der Waals surface area (Å²) < 4.78 is 5.08. The van der Waals surface area contributed by atoms with Crippen LogP contribution in [0.2, 0.25) is 0 Å². The summed E-state index contributed by atoms with van der Waals surface area (Å²) in [5.41, 5.74) is 1.42. The molecule has 1 aromatic rings. The quantitative estimate of drug-likeness (QED) is 0.835. The number of carbonyl (C=O) groups is 2. The molecule has 0 radical (unpaired) electrons. The van der Waals surface area contributed by atoms with Crippen molar-refractivity contribution in [3.05, 3.63) is 35.9 Å². The maximum Gasteiger partial charge on any atom is 0.317 e. The fourth-order valence-electron chi connectivity index (χ4n) is 3.90. The van der Waals surface area contributed by atoms with Gasteiger partial charge < -0.3 is 15.0 Å². The molecule has 1 saturated heterocycles. The van der Waals surface area contributed by atoms with E-state index in [4.69, 9.17) is 4.74 Å². The number of hydrogen-bond acceptors (Lipinski definition) is 3. The Morgan fingerprint density at radius 3 is 2.44 bits per heavy atom. The van der Waals surface area contributed by atoms with E-state index < -0.39 is 0 Å². The summed E-state index contributed by atoms with van der Waals surface area (Å²) in [6, 6.07) is 10.5. The maximum atomic E-state index is 12.5. The zero-order valence-corrected chi connectivity index (χ0v) is 15.0. The number of ether oxygens (including phenoxy) is 1. The molecule has 1 heterocycles. The van der Waals surface area contributed by atoms with Crippen molar-refractivity contribution in [3.8, 4) is 0 Å². The maximum absolute atomic E-state index is 12.5. The third-order valence-corrected chi connectivity index (χ3v) is 5.68. The number of piperidine rings is 1. The van der Waals surface area contributed by atoms with Crippen LogP contribution in [0.1, 0.15) is 44.6 Å². The average Bonchev–Trinajstić information content (AvgIpc) is 2.62. The fourth-order valence-corrected chi connectivity index (χ4v) is 3.90. The first-order valence-electron chi connectivity index (χ1n) is 9.39. The van der Waals surface area contributed by atoms with Crippen molar-refractivity contribution in [2.45, 2.75) is 44.4 Å². The molecule has 1 aliphatic heterocycles. The topological polar surface area (TPSA) is 58.6 Å². The summed E-state index contributed by atoms with van der Waals surface area (Å²) in [7, 11) is 0. The summed E-state index contributed by atoms with van der Waals surface area (Å²) in [4.78, 5) is 26.1. The smallest absolute Gasteiger partial charge is 0.317 e. The van der Waals surface area contributed by atoms with Crippen molar-refractivity contribution < 1.29 is 14.3 Å². The summed E-state index contributed by atoms with van der Waals surface area (Å²) >= 11 is 0. The van der Waals surface area contributed by atoms with Gasteiger partial charge in [0.15, 0.2) is 0 Å². The van der Waals surface area contributed by atoms with Gasteiger partial charge in [-0.1, -0.05) is 36.8 Å². The minimum absolute atomic E-state index is 0.00971. The summed E-state index contributed by atoms with van der Waals surface area (Å²) in [5.74, 6) is -0.189. The van der Waals surface area contributed by atoms with Gasteiger partial charge in [-0.2, -0.15) is 0 Å². The van der Waals surface area contributed by atoms with Gasteiger partial charge >= 0.3 is 12.0 Å². The SMILES string of the molecule is CCOC(=O)C1CCN(C(=O)NCC2(c3ccccc3)CCC2)CC1. The van der Waals surface area contributed by atoms with Gasteiger partial charge in [0.05, 0.1) is 12.5 Å². The minimum Gasteiger partial charge on any atom is -0.466 e. The van der Waals surface area contributed by atoms with E-state index >= 15 is 0 Å². The lowest BCUT2D eigenvalue weighted by Crippen LogP contribution is -2.51. The number of esters is 1. The zero-order chi connectivity index (χ0) is 17.7. The molecule has 3 rings (SSSR count). The molecule has 0 unspecified atom stereocenters. The molecule has 0 aromatic heterocycles. The van der Waals surface area contributed by atoms with Crippen molar-refractivity contribution in [2.75, 3.05) is 26.2 Å². The summed E-state index contributed by atoms with van der Waals surface area (Å²) in [5, 5.41) is 3.13. The van der Waals surface area contributed by atoms with E-state index in [0.29, 0.717) is 39.1 Å². The van der Waals surface area contributed by atoms with Gasteiger partial charge in [0.1, 0.15) is 0 Å². The Balaban J connectivity index is 1.49. The molecular weight excluding hydrogens is 316 g/mol. The van der Waals surface area contributed by atoms with Gasteiger partial charge in [-0.25, -0.2) is 4.79 Å². The van der Waals surface area contributed by atoms with Crippen LogP contribution in [0.3, 0.4) is 0 Å². The van der Waals surface area contributed by atoms with Gasteiger partial charge in [-0.3, -0.25) is 4.79 Å². The predicted molar refractivity (Wildman–Crippen MR) is 96.3 cm³/mol. The van der Waals surface area contributed by atoms with Crippen molar-refractivity contribution in [3.63, 3.8) is 0 Å². The highest BCUT2D eigenvalue weighted by atomic mass is 16.5. The second-order valence-electron chi connectivity index (χ2n) is 7.17. The Hall–Kier alpha value is -2.04. The molecule has 136 valence electrons. The highest BCUT2D eigenvalue weighted by Gasteiger charge is 2.39.